The molecule has 0 aliphatic carbocycles. The van der Waals surface area contributed by atoms with Gasteiger partial charge in [0, 0.05) is 16.9 Å². The molecule has 0 aliphatic heterocycles. The van der Waals surface area contributed by atoms with Crippen molar-refractivity contribution in [3.05, 3.63) is 46.7 Å². The highest BCUT2D eigenvalue weighted by molar-refractivity contribution is 9.10. The number of amides is 2. The van der Waals surface area contributed by atoms with Gasteiger partial charge in [-0.25, -0.2) is 14.2 Å². The Bertz CT molecular complexity index is 877. The van der Waals surface area contributed by atoms with E-state index in [4.69, 9.17) is 4.74 Å². The average Bonchev–Trinajstić information content (AvgIpc) is 3.00. The van der Waals surface area contributed by atoms with Crippen molar-refractivity contribution in [3.8, 4) is 0 Å². The fraction of sp³-hybridized carbons (Fsp3) is 0.450. The van der Waals surface area contributed by atoms with Gasteiger partial charge < -0.3 is 19.9 Å². The number of imidazole rings is 1. The second-order valence-corrected chi connectivity index (χ2v) is 8.86. The molecule has 2 rings (SSSR count). The molecular formula is C20H26BrFN4O3. The first-order valence-corrected chi connectivity index (χ1v) is 10.0. The van der Waals surface area contributed by atoms with Crippen LogP contribution in [0.4, 0.5) is 14.9 Å². The van der Waals surface area contributed by atoms with Gasteiger partial charge in [0.25, 0.3) is 0 Å². The Morgan fingerprint density at radius 1 is 1.31 bits per heavy atom. The summed E-state index contributed by atoms with van der Waals surface area (Å²) in [4.78, 5) is 28.9. The van der Waals surface area contributed by atoms with Crippen LogP contribution in [0.15, 0.2) is 35.1 Å². The van der Waals surface area contributed by atoms with E-state index in [1.165, 1.54) is 12.1 Å². The first kappa shape index (κ1) is 22.9. The molecule has 0 radical (unpaired) electrons. The first-order chi connectivity index (χ1) is 13.5. The molecule has 0 fully saturated rings. The molecule has 2 aromatic rings. The smallest absolute Gasteiger partial charge is 0.326 e. The SMILES string of the molecule is CC(C)C(NC(=O)Nc1ccc(Br)cc1F)c1nccn1CC(=O)OC(C)(C)C. The lowest BCUT2D eigenvalue weighted by Crippen LogP contribution is -2.37. The topological polar surface area (TPSA) is 85.3 Å². The van der Waals surface area contributed by atoms with E-state index < -0.39 is 29.5 Å². The van der Waals surface area contributed by atoms with Gasteiger partial charge in [-0.1, -0.05) is 29.8 Å². The van der Waals surface area contributed by atoms with E-state index in [0.717, 1.165) is 0 Å². The number of benzene rings is 1. The number of urea groups is 1. The molecule has 2 N–H and O–H groups in total. The van der Waals surface area contributed by atoms with E-state index in [1.54, 1.807) is 43.8 Å². The van der Waals surface area contributed by atoms with Gasteiger partial charge in [-0.15, -0.1) is 0 Å². The van der Waals surface area contributed by atoms with Crippen molar-refractivity contribution in [2.24, 2.45) is 5.92 Å². The monoisotopic (exact) mass is 468 g/mol. The number of rotatable bonds is 6. The predicted octanol–water partition coefficient (Wildman–Crippen LogP) is 4.65. The molecule has 7 nitrogen and oxygen atoms in total. The fourth-order valence-electron chi connectivity index (χ4n) is 2.67. The van der Waals surface area contributed by atoms with Crippen LogP contribution in [0.1, 0.15) is 46.5 Å². The van der Waals surface area contributed by atoms with Crippen molar-refractivity contribution in [2.45, 2.75) is 52.8 Å². The molecule has 0 bridgehead atoms. The van der Waals surface area contributed by atoms with E-state index >= 15 is 0 Å². The van der Waals surface area contributed by atoms with Crippen molar-refractivity contribution in [3.63, 3.8) is 0 Å². The lowest BCUT2D eigenvalue weighted by atomic mass is 10.0. The number of nitrogens with one attached hydrogen (secondary N) is 2. The van der Waals surface area contributed by atoms with Gasteiger partial charge in [-0.05, 0) is 44.9 Å². The zero-order valence-corrected chi connectivity index (χ0v) is 18.7. The molecule has 0 spiro atoms. The highest BCUT2D eigenvalue weighted by Gasteiger charge is 2.25. The summed E-state index contributed by atoms with van der Waals surface area (Å²) in [5.41, 5.74) is -0.535. The number of hydrogen-bond acceptors (Lipinski definition) is 4. The third-order valence-corrected chi connectivity index (χ3v) is 4.37. The standard InChI is InChI=1S/C20H26BrFN4O3/c1-12(2)17(25-19(28)24-15-7-6-13(21)10-14(15)22)18-23-8-9-26(18)11-16(27)29-20(3,4)5/h6-10,12,17H,11H2,1-5H3,(H2,24,25,28). The second kappa shape index (κ2) is 9.39. The largest absolute Gasteiger partial charge is 0.459 e. The summed E-state index contributed by atoms with van der Waals surface area (Å²) in [7, 11) is 0. The van der Waals surface area contributed by atoms with Crippen LogP contribution in [0.25, 0.3) is 0 Å². The van der Waals surface area contributed by atoms with Gasteiger partial charge in [-0.3, -0.25) is 4.79 Å². The quantitative estimate of drug-likeness (QED) is 0.604. The molecule has 0 saturated heterocycles. The van der Waals surface area contributed by atoms with Gasteiger partial charge in [0.1, 0.15) is 23.8 Å². The number of carbonyl (C=O) groups is 2. The summed E-state index contributed by atoms with van der Waals surface area (Å²) in [6.07, 6.45) is 3.21. The number of aromatic nitrogens is 2. The summed E-state index contributed by atoms with van der Waals surface area (Å²) in [5.74, 6) is -0.477. The second-order valence-electron chi connectivity index (χ2n) is 7.94. The molecule has 1 aromatic carbocycles. The number of hydrogen-bond donors (Lipinski definition) is 2. The normalized spacial score (nSPS) is 12.6. The molecule has 9 heteroatoms. The molecule has 1 unspecified atom stereocenters. The molecule has 1 aromatic heterocycles. The van der Waals surface area contributed by atoms with Crippen LogP contribution in [0.5, 0.6) is 0 Å². The van der Waals surface area contributed by atoms with Crippen LogP contribution >= 0.6 is 15.9 Å². The third-order valence-electron chi connectivity index (χ3n) is 3.88. The molecule has 1 heterocycles. The fourth-order valence-corrected chi connectivity index (χ4v) is 3.00. The lowest BCUT2D eigenvalue weighted by Gasteiger charge is -2.24. The van der Waals surface area contributed by atoms with Crippen molar-refractivity contribution < 1.29 is 18.7 Å². The van der Waals surface area contributed by atoms with Crippen molar-refractivity contribution in [1.82, 2.24) is 14.9 Å². The number of ether oxygens (including phenoxy) is 1. The summed E-state index contributed by atoms with van der Waals surface area (Å²) in [6.45, 7) is 9.19. The average molecular weight is 469 g/mol. The minimum Gasteiger partial charge on any atom is -0.459 e. The maximum atomic E-state index is 14.0. The third kappa shape index (κ3) is 6.85. The van der Waals surface area contributed by atoms with E-state index in [9.17, 15) is 14.0 Å². The van der Waals surface area contributed by atoms with Crippen LogP contribution in [-0.4, -0.2) is 27.2 Å². The Morgan fingerprint density at radius 3 is 2.59 bits per heavy atom. The number of anilines is 1. The van der Waals surface area contributed by atoms with Crippen LogP contribution in [-0.2, 0) is 16.1 Å². The summed E-state index contributed by atoms with van der Waals surface area (Å²) in [5, 5.41) is 5.31. The Labute approximate surface area is 178 Å². The molecule has 0 aliphatic rings. The lowest BCUT2D eigenvalue weighted by molar-refractivity contribution is -0.155. The van der Waals surface area contributed by atoms with Crippen LogP contribution in [0, 0.1) is 11.7 Å². The highest BCUT2D eigenvalue weighted by Crippen LogP contribution is 2.22. The molecule has 29 heavy (non-hydrogen) atoms. The Kier molecular flexibility index (Phi) is 7.40. The molecular weight excluding hydrogens is 443 g/mol. The minimum atomic E-state index is -0.595. The van der Waals surface area contributed by atoms with Gasteiger partial charge in [-0.2, -0.15) is 0 Å². The highest BCUT2D eigenvalue weighted by atomic mass is 79.9. The van der Waals surface area contributed by atoms with Gasteiger partial charge in [0.15, 0.2) is 0 Å². The maximum absolute atomic E-state index is 14.0. The number of esters is 1. The van der Waals surface area contributed by atoms with Gasteiger partial charge in [0.05, 0.1) is 11.7 Å². The van der Waals surface area contributed by atoms with Crippen molar-refractivity contribution in [2.75, 3.05) is 5.32 Å². The summed E-state index contributed by atoms with van der Waals surface area (Å²) in [6, 6.07) is 3.30. The Balaban J connectivity index is 2.13. The number of halogens is 2. The predicted molar refractivity (Wildman–Crippen MR) is 112 cm³/mol. The number of nitrogens with zero attached hydrogens (tertiary/aromatic N) is 2. The zero-order valence-electron chi connectivity index (χ0n) is 17.1. The van der Waals surface area contributed by atoms with Gasteiger partial charge >= 0.3 is 12.0 Å². The molecule has 0 saturated carbocycles. The Morgan fingerprint density at radius 2 is 2.00 bits per heavy atom. The molecule has 158 valence electrons. The number of carbonyl (C=O) groups excluding carboxylic acids is 2. The van der Waals surface area contributed by atoms with E-state index in [2.05, 4.69) is 31.5 Å². The first-order valence-electron chi connectivity index (χ1n) is 9.21. The summed E-state index contributed by atoms with van der Waals surface area (Å²) < 4.78 is 21.6. The van der Waals surface area contributed by atoms with Crippen molar-refractivity contribution >= 4 is 33.6 Å². The molecule has 1 atom stereocenters. The summed E-state index contributed by atoms with van der Waals surface area (Å²) >= 11 is 3.18. The van der Waals surface area contributed by atoms with Crippen molar-refractivity contribution in [1.29, 1.82) is 0 Å². The van der Waals surface area contributed by atoms with E-state index in [-0.39, 0.29) is 18.2 Å². The van der Waals surface area contributed by atoms with E-state index in [1.807, 2.05) is 13.8 Å². The zero-order chi connectivity index (χ0) is 21.8. The van der Waals surface area contributed by atoms with Crippen LogP contribution in [0.2, 0.25) is 0 Å². The minimum absolute atomic E-state index is 0.0273. The van der Waals surface area contributed by atoms with Crippen LogP contribution < -0.4 is 10.6 Å². The van der Waals surface area contributed by atoms with E-state index in [0.29, 0.717) is 10.3 Å². The van der Waals surface area contributed by atoms with Crippen LogP contribution in [0.3, 0.4) is 0 Å². The molecule has 2 amide bonds. The van der Waals surface area contributed by atoms with Gasteiger partial charge in [0.2, 0.25) is 0 Å². The maximum Gasteiger partial charge on any atom is 0.326 e. The Hall–Kier alpha value is -2.42.